The minimum Gasteiger partial charge on any atom is -0.505 e. The average molecular weight is 278 g/mol. The maximum atomic E-state index is 12.1. The SMILES string of the molecule is Oc1c(F)ccc(F)c1F.Oc1cc(F)ccc1F. The molecule has 19 heavy (non-hydrogen) atoms. The van der Waals surface area contributed by atoms with Crippen LogP contribution in [0.25, 0.3) is 0 Å². The van der Waals surface area contributed by atoms with E-state index in [2.05, 4.69) is 0 Å². The second kappa shape index (κ2) is 6.03. The summed E-state index contributed by atoms with van der Waals surface area (Å²) in [5, 5.41) is 16.9. The Balaban J connectivity index is 0.000000191. The van der Waals surface area contributed by atoms with Crippen LogP contribution in [0.2, 0.25) is 0 Å². The predicted molar refractivity (Wildman–Crippen MR) is 56.0 cm³/mol. The van der Waals surface area contributed by atoms with Gasteiger partial charge in [-0.15, -0.1) is 0 Å². The summed E-state index contributed by atoms with van der Waals surface area (Å²) in [5.41, 5.74) is 0. The number of halogens is 5. The van der Waals surface area contributed by atoms with Crippen molar-refractivity contribution in [2.45, 2.75) is 0 Å². The van der Waals surface area contributed by atoms with Crippen LogP contribution in [-0.2, 0) is 0 Å². The van der Waals surface area contributed by atoms with Crippen LogP contribution in [0.15, 0.2) is 30.3 Å². The highest BCUT2D eigenvalue weighted by atomic mass is 19.2. The molecular weight excluding hydrogens is 271 g/mol. The molecule has 2 aromatic rings. The Kier molecular flexibility index (Phi) is 4.68. The lowest BCUT2D eigenvalue weighted by atomic mass is 10.3. The molecule has 102 valence electrons. The van der Waals surface area contributed by atoms with Crippen molar-refractivity contribution < 1.29 is 32.2 Å². The van der Waals surface area contributed by atoms with Gasteiger partial charge in [0, 0.05) is 6.07 Å². The number of hydrogen-bond donors (Lipinski definition) is 2. The summed E-state index contributed by atoms with van der Waals surface area (Å²) in [5.74, 6) is -7.38. The molecule has 2 aromatic carbocycles. The van der Waals surface area contributed by atoms with Crippen LogP contribution in [0.1, 0.15) is 0 Å². The molecule has 0 saturated heterocycles. The van der Waals surface area contributed by atoms with Crippen molar-refractivity contribution in [2.24, 2.45) is 0 Å². The summed E-state index contributed by atoms with van der Waals surface area (Å²) in [6.45, 7) is 0. The van der Waals surface area contributed by atoms with E-state index in [1.165, 1.54) is 0 Å². The lowest BCUT2D eigenvalue weighted by Crippen LogP contribution is -1.86. The van der Waals surface area contributed by atoms with Gasteiger partial charge in [0.2, 0.25) is 5.82 Å². The molecule has 7 heteroatoms. The third-order valence-electron chi connectivity index (χ3n) is 1.93. The van der Waals surface area contributed by atoms with Crippen molar-refractivity contribution in [3.05, 3.63) is 59.4 Å². The monoisotopic (exact) mass is 278 g/mol. The zero-order chi connectivity index (χ0) is 14.6. The van der Waals surface area contributed by atoms with Gasteiger partial charge in [-0.1, -0.05) is 0 Å². The fourth-order valence-electron chi connectivity index (χ4n) is 1.00. The molecular formula is C12H7F5O2. The maximum absolute atomic E-state index is 12.1. The van der Waals surface area contributed by atoms with Gasteiger partial charge in [-0.05, 0) is 24.3 Å². The Labute approximate surface area is 104 Å². The fraction of sp³-hybridized carbons (Fsp3) is 0. The highest BCUT2D eigenvalue weighted by molar-refractivity contribution is 5.25. The molecule has 0 fully saturated rings. The van der Waals surface area contributed by atoms with Gasteiger partial charge in [0.25, 0.3) is 0 Å². The first-order valence-corrected chi connectivity index (χ1v) is 4.79. The third kappa shape index (κ3) is 3.84. The number of aromatic hydroxyl groups is 2. The second-order valence-electron chi connectivity index (χ2n) is 3.29. The summed E-state index contributed by atoms with van der Waals surface area (Å²) in [7, 11) is 0. The molecule has 0 aliphatic heterocycles. The molecule has 0 aromatic heterocycles. The average Bonchev–Trinajstić information content (AvgIpc) is 2.37. The van der Waals surface area contributed by atoms with E-state index in [0.29, 0.717) is 12.1 Å². The summed E-state index contributed by atoms with van der Waals surface area (Å²) >= 11 is 0. The van der Waals surface area contributed by atoms with E-state index in [1.54, 1.807) is 0 Å². The first kappa shape index (κ1) is 14.7. The molecule has 2 nitrogen and oxygen atoms in total. The normalized spacial score (nSPS) is 9.74. The van der Waals surface area contributed by atoms with Gasteiger partial charge in [0.15, 0.2) is 29.0 Å². The van der Waals surface area contributed by atoms with Crippen LogP contribution in [0.5, 0.6) is 11.5 Å². The van der Waals surface area contributed by atoms with Crippen LogP contribution >= 0.6 is 0 Å². The van der Waals surface area contributed by atoms with Crippen molar-refractivity contribution >= 4 is 0 Å². The largest absolute Gasteiger partial charge is 0.505 e. The van der Waals surface area contributed by atoms with E-state index in [9.17, 15) is 22.0 Å². The highest BCUT2D eigenvalue weighted by Gasteiger charge is 2.10. The van der Waals surface area contributed by atoms with Crippen LogP contribution in [0.4, 0.5) is 22.0 Å². The van der Waals surface area contributed by atoms with Gasteiger partial charge in [-0.2, -0.15) is 4.39 Å². The van der Waals surface area contributed by atoms with Crippen molar-refractivity contribution in [2.75, 3.05) is 0 Å². The summed E-state index contributed by atoms with van der Waals surface area (Å²) in [4.78, 5) is 0. The van der Waals surface area contributed by atoms with E-state index >= 15 is 0 Å². The van der Waals surface area contributed by atoms with Gasteiger partial charge >= 0.3 is 0 Å². The Morgan fingerprint density at radius 3 is 1.68 bits per heavy atom. The number of rotatable bonds is 0. The quantitative estimate of drug-likeness (QED) is 0.572. The fourth-order valence-corrected chi connectivity index (χ4v) is 1.00. The Bertz CT molecular complexity index is 560. The molecule has 0 aliphatic carbocycles. The number of phenols is 2. The molecule has 0 heterocycles. The number of benzene rings is 2. The number of phenolic OH excluding ortho intramolecular Hbond substituents is 2. The van der Waals surface area contributed by atoms with E-state index in [-0.39, 0.29) is 0 Å². The molecule has 0 unspecified atom stereocenters. The Hall–Kier alpha value is -2.31. The van der Waals surface area contributed by atoms with Gasteiger partial charge in [-0.25, -0.2) is 17.6 Å². The standard InChI is InChI=1S/C6H3F3O.C6H4F2O/c7-3-1-2-4(8)6(10)5(3)9;7-4-1-2-5(8)6(9)3-4/h1-2,10H;1-3,9H. The van der Waals surface area contributed by atoms with Crippen LogP contribution < -0.4 is 0 Å². The van der Waals surface area contributed by atoms with Crippen LogP contribution in [0.3, 0.4) is 0 Å². The Morgan fingerprint density at radius 2 is 1.21 bits per heavy atom. The molecule has 2 rings (SSSR count). The molecule has 0 radical (unpaired) electrons. The van der Waals surface area contributed by atoms with E-state index in [1.807, 2.05) is 0 Å². The van der Waals surface area contributed by atoms with Gasteiger partial charge in [0.05, 0.1) is 0 Å². The van der Waals surface area contributed by atoms with Gasteiger partial charge in [0.1, 0.15) is 5.82 Å². The third-order valence-corrected chi connectivity index (χ3v) is 1.93. The lowest BCUT2D eigenvalue weighted by molar-refractivity contribution is 0.376. The topological polar surface area (TPSA) is 40.5 Å². The Morgan fingerprint density at radius 1 is 0.684 bits per heavy atom. The van der Waals surface area contributed by atoms with Crippen molar-refractivity contribution in [1.82, 2.24) is 0 Å². The predicted octanol–water partition coefficient (Wildman–Crippen LogP) is 3.48. The summed E-state index contributed by atoms with van der Waals surface area (Å²) in [6, 6.07) is 3.77. The first-order valence-electron chi connectivity index (χ1n) is 4.79. The second-order valence-corrected chi connectivity index (χ2v) is 3.29. The molecule has 0 atom stereocenters. The molecule has 0 amide bonds. The van der Waals surface area contributed by atoms with Gasteiger partial charge in [-0.3, -0.25) is 0 Å². The zero-order valence-electron chi connectivity index (χ0n) is 9.17. The van der Waals surface area contributed by atoms with Crippen LogP contribution in [0, 0.1) is 29.1 Å². The lowest BCUT2D eigenvalue weighted by Gasteiger charge is -1.95. The van der Waals surface area contributed by atoms with E-state index in [0.717, 1.165) is 18.2 Å². The van der Waals surface area contributed by atoms with Crippen molar-refractivity contribution in [3.63, 3.8) is 0 Å². The zero-order valence-corrected chi connectivity index (χ0v) is 9.17. The molecule has 0 bridgehead atoms. The van der Waals surface area contributed by atoms with E-state index in [4.69, 9.17) is 10.2 Å². The first-order chi connectivity index (χ1) is 8.82. The summed E-state index contributed by atoms with van der Waals surface area (Å²) in [6.07, 6.45) is 0. The minimum absolute atomic E-state index is 0.602. The molecule has 0 aliphatic rings. The maximum Gasteiger partial charge on any atom is 0.203 e. The summed E-state index contributed by atoms with van der Waals surface area (Å²) < 4.78 is 60.4. The molecule has 0 spiro atoms. The molecule has 0 saturated carbocycles. The van der Waals surface area contributed by atoms with E-state index < -0.39 is 40.6 Å². The smallest absolute Gasteiger partial charge is 0.203 e. The number of hydrogen-bond acceptors (Lipinski definition) is 2. The molecule has 2 N–H and O–H groups in total. The van der Waals surface area contributed by atoms with Crippen molar-refractivity contribution in [3.8, 4) is 11.5 Å². The minimum atomic E-state index is -1.56. The van der Waals surface area contributed by atoms with Crippen LogP contribution in [-0.4, -0.2) is 10.2 Å². The highest BCUT2D eigenvalue weighted by Crippen LogP contribution is 2.21. The van der Waals surface area contributed by atoms with Gasteiger partial charge < -0.3 is 10.2 Å². The van der Waals surface area contributed by atoms with Crippen molar-refractivity contribution in [1.29, 1.82) is 0 Å².